The lowest BCUT2D eigenvalue weighted by atomic mass is 10.1. The fourth-order valence-electron chi connectivity index (χ4n) is 2.47. The van der Waals surface area contributed by atoms with Crippen LogP contribution in [-0.4, -0.2) is 12.1 Å². The molecule has 0 amide bonds. The van der Waals surface area contributed by atoms with E-state index in [-0.39, 0.29) is 6.04 Å². The fraction of sp³-hybridized carbons (Fsp3) is 0.333. The minimum atomic E-state index is 0.164. The van der Waals surface area contributed by atoms with Gasteiger partial charge in [-0.3, -0.25) is 0 Å². The van der Waals surface area contributed by atoms with Crippen molar-refractivity contribution in [1.29, 1.82) is 0 Å². The second kappa shape index (κ2) is 3.00. The van der Waals surface area contributed by atoms with E-state index in [4.69, 9.17) is 10.5 Å². The van der Waals surface area contributed by atoms with Crippen LogP contribution in [0.2, 0.25) is 0 Å². The molecule has 78 valence electrons. The topological polar surface area (TPSA) is 51.0 Å². The molecule has 3 N–H and O–H groups in total. The average molecular weight is 202 g/mol. The molecule has 1 aromatic heterocycles. The van der Waals surface area contributed by atoms with Gasteiger partial charge in [0, 0.05) is 17.1 Å². The van der Waals surface area contributed by atoms with Gasteiger partial charge in [0.15, 0.2) is 0 Å². The summed E-state index contributed by atoms with van der Waals surface area (Å²) in [7, 11) is 1.70. The summed E-state index contributed by atoms with van der Waals surface area (Å²) >= 11 is 0. The first-order valence-corrected chi connectivity index (χ1v) is 5.24. The zero-order chi connectivity index (χ0) is 10.4. The van der Waals surface area contributed by atoms with Crippen molar-refractivity contribution < 1.29 is 4.74 Å². The van der Waals surface area contributed by atoms with E-state index in [1.807, 2.05) is 12.1 Å². The first kappa shape index (κ1) is 8.80. The molecule has 1 aliphatic rings. The highest BCUT2D eigenvalue weighted by Crippen LogP contribution is 2.37. The predicted molar refractivity (Wildman–Crippen MR) is 60.1 cm³/mol. The molecule has 0 spiro atoms. The molecule has 0 saturated heterocycles. The second-order valence-corrected chi connectivity index (χ2v) is 4.05. The monoisotopic (exact) mass is 202 g/mol. The van der Waals surface area contributed by atoms with Gasteiger partial charge < -0.3 is 15.5 Å². The van der Waals surface area contributed by atoms with E-state index in [9.17, 15) is 0 Å². The number of benzene rings is 1. The van der Waals surface area contributed by atoms with Crippen LogP contribution in [0.5, 0.6) is 5.75 Å². The summed E-state index contributed by atoms with van der Waals surface area (Å²) in [5.74, 6) is 0.897. The molecule has 3 nitrogen and oxygen atoms in total. The molecule has 1 aromatic carbocycles. The average Bonchev–Trinajstić information content (AvgIpc) is 2.79. The van der Waals surface area contributed by atoms with Gasteiger partial charge in [-0.25, -0.2) is 0 Å². The minimum absolute atomic E-state index is 0.164. The van der Waals surface area contributed by atoms with E-state index >= 15 is 0 Å². The molecule has 1 heterocycles. The molecular formula is C12H14N2O. The van der Waals surface area contributed by atoms with Crippen LogP contribution in [0.1, 0.15) is 23.7 Å². The number of aromatic nitrogens is 1. The maximum absolute atomic E-state index is 6.03. The largest absolute Gasteiger partial charge is 0.495 e. The van der Waals surface area contributed by atoms with Crippen molar-refractivity contribution in [1.82, 2.24) is 4.98 Å². The van der Waals surface area contributed by atoms with Crippen LogP contribution in [0, 0.1) is 0 Å². The van der Waals surface area contributed by atoms with Crippen molar-refractivity contribution >= 4 is 10.9 Å². The molecule has 15 heavy (non-hydrogen) atoms. The third-order valence-corrected chi connectivity index (χ3v) is 3.23. The maximum Gasteiger partial charge on any atom is 0.142 e. The lowest BCUT2D eigenvalue weighted by Gasteiger charge is -2.03. The standard InChI is InChI=1S/C12H14N2O/c1-15-10-4-2-3-7-8-5-6-9(13)11(8)14-12(7)10/h2-4,9,14H,5-6,13H2,1H3. The SMILES string of the molecule is COc1cccc2c3c([nH]c12)C(N)CC3. The molecule has 1 unspecified atom stereocenters. The third-order valence-electron chi connectivity index (χ3n) is 3.23. The fourth-order valence-corrected chi connectivity index (χ4v) is 2.47. The van der Waals surface area contributed by atoms with Gasteiger partial charge in [0.05, 0.1) is 12.6 Å². The molecule has 0 radical (unpaired) electrons. The summed E-state index contributed by atoms with van der Waals surface area (Å²) in [5.41, 5.74) is 9.67. The highest BCUT2D eigenvalue weighted by Gasteiger charge is 2.24. The van der Waals surface area contributed by atoms with E-state index in [0.29, 0.717) is 0 Å². The summed E-state index contributed by atoms with van der Waals surface area (Å²) in [4.78, 5) is 3.40. The van der Waals surface area contributed by atoms with Crippen LogP contribution in [0.4, 0.5) is 0 Å². The maximum atomic E-state index is 6.03. The number of para-hydroxylation sites is 1. The Hall–Kier alpha value is -1.48. The predicted octanol–water partition coefficient (Wildman–Crippen LogP) is 2.12. The van der Waals surface area contributed by atoms with Crippen molar-refractivity contribution in [2.75, 3.05) is 7.11 Å². The Balaban J connectivity index is 2.33. The molecule has 3 heteroatoms. The van der Waals surface area contributed by atoms with E-state index < -0.39 is 0 Å². The van der Waals surface area contributed by atoms with Crippen LogP contribution in [-0.2, 0) is 6.42 Å². The van der Waals surface area contributed by atoms with Crippen LogP contribution in [0.3, 0.4) is 0 Å². The number of hydrogen-bond donors (Lipinski definition) is 2. The number of aromatic amines is 1. The summed E-state index contributed by atoms with van der Waals surface area (Å²) in [6, 6.07) is 6.29. The van der Waals surface area contributed by atoms with Gasteiger partial charge in [-0.2, -0.15) is 0 Å². The molecule has 0 aliphatic heterocycles. The van der Waals surface area contributed by atoms with Crippen molar-refractivity contribution in [3.63, 3.8) is 0 Å². The quantitative estimate of drug-likeness (QED) is 0.744. The van der Waals surface area contributed by atoms with Crippen LogP contribution < -0.4 is 10.5 Å². The Morgan fingerprint density at radius 1 is 1.47 bits per heavy atom. The van der Waals surface area contributed by atoms with Crippen LogP contribution in [0.15, 0.2) is 18.2 Å². The first-order valence-electron chi connectivity index (χ1n) is 5.24. The summed E-state index contributed by atoms with van der Waals surface area (Å²) in [5, 5.41) is 1.26. The van der Waals surface area contributed by atoms with Gasteiger partial charge in [-0.15, -0.1) is 0 Å². The Bertz CT molecular complexity index is 516. The number of aryl methyl sites for hydroxylation is 1. The van der Waals surface area contributed by atoms with Crippen molar-refractivity contribution in [2.45, 2.75) is 18.9 Å². The number of fused-ring (bicyclic) bond motifs is 3. The summed E-state index contributed by atoms with van der Waals surface area (Å²) in [6.45, 7) is 0. The number of ether oxygens (including phenoxy) is 1. The molecule has 1 atom stereocenters. The lowest BCUT2D eigenvalue weighted by Crippen LogP contribution is -2.05. The Kier molecular flexibility index (Phi) is 1.76. The highest BCUT2D eigenvalue weighted by atomic mass is 16.5. The lowest BCUT2D eigenvalue weighted by molar-refractivity contribution is 0.419. The zero-order valence-electron chi connectivity index (χ0n) is 8.71. The van der Waals surface area contributed by atoms with Crippen molar-refractivity contribution in [2.24, 2.45) is 5.73 Å². The van der Waals surface area contributed by atoms with Crippen molar-refractivity contribution in [3.05, 3.63) is 29.5 Å². The van der Waals surface area contributed by atoms with Crippen LogP contribution >= 0.6 is 0 Å². The minimum Gasteiger partial charge on any atom is -0.495 e. The molecule has 3 rings (SSSR count). The number of nitrogens with two attached hydrogens (primary N) is 1. The van der Waals surface area contributed by atoms with Crippen molar-refractivity contribution in [3.8, 4) is 5.75 Å². The molecule has 0 saturated carbocycles. The van der Waals surface area contributed by atoms with E-state index in [0.717, 1.165) is 24.1 Å². The summed E-state index contributed by atoms with van der Waals surface area (Å²) in [6.07, 6.45) is 2.12. The number of H-pyrrole nitrogens is 1. The number of hydrogen-bond acceptors (Lipinski definition) is 2. The van der Waals surface area contributed by atoms with E-state index in [1.54, 1.807) is 7.11 Å². The smallest absolute Gasteiger partial charge is 0.142 e. The van der Waals surface area contributed by atoms with Gasteiger partial charge >= 0.3 is 0 Å². The number of nitrogens with one attached hydrogen (secondary N) is 1. The van der Waals surface area contributed by atoms with Gasteiger partial charge in [0.2, 0.25) is 0 Å². The third kappa shape index (κ3) is 1.10. The first-order chi connectivity index (χ1) is 7.31. The van der Waals surface area contributed by atoms with E-state index in [1.165, 1.54) is 16.6 Å². The Labute approximate surface area is 88.2 Å². The second-order valence-electron chi connectivity index (χ2n) is 4.05. The number of methoxy groups -OCH3 is 1. The van der Waals surface area contributed by atoms with E-state index in [2.05, 4.69) is 11.1 Å². The van der Waals surface area contributed by atoms with Gasteiger partial charge in [-0.1, -0.05) is 12.1 Å². The number of rotatable bonds is 1. The normalized spacial score (nSPS) is 19.5. The highest BCUT2D eigenvalue weighted by molar-refractivity contribution is 5.90. The van der Waals surface area contributed by atoms with Gasteiger partial charge in [0.25, 0.3) is 0 Å². The summed E-state index contributed by atoms with van der Waals surface area (Å²) < 4.78 is 5.33. The van der Waals surface area contributed by atoms with Crippen LogP contribution in [0.25, 0.3) is 10.9 Å². The molecule has 1 aliphatic carbocycles. The zero-order valence-corrected chi connectivity index (χ0v) is 8.71. The Morgan fingerprint density at radius 2 is 2.33 bits per heavy atom. The Morgan fingerprint density at radius 3 is 3.13 bits per heavy atom. The molecule has 0 fully saturated rings. The van der Waals surface area contributed by atoms with Gasteiger partial charge in [-0.05, 0) is 24.5 Å². The molecular weight excluding hydrogens is 188 g/mol. The molecule has 0 bridgehead atoms. The molecule has 2 aromatic rings. The van der Waals surface area contributed by atoms with Gasteiger partial charge in [0.1, 0.15) is 5.75 Å².